The quantitative estimate of drug-likeness (QED) is 0.915. The van der Waals surface area contributed by atoms with E-state index in [9.17, 15) is 9.90 Å². The molecule has 118 valence electrons. The highest BCUT2D eigenvalue weighted by Gasteiger charge is 2.52. The molecule has 2 aromatic heterocycles. The highest BCUT2D eigenvalue weighted by molar-refractivity contribution is 7.16. The summed E-state index contributed by atoms with van der Waals surface area (Å²) < 4.78 is 5.06. The first-order valence-electron chi connectivity index (χ1n) is 7.27. The zero-order valence-corrected chi connectivity index (χ0v) is 13.6. The van der Waals surface area contributed by atoms with Crippen molar-refractivity contribution in [2.24, 2.45) is 4.99 Å². The molecule has 23 heavy (non-hydrogen) atoms. The monoisotopic (exact) mass is 329 g/mol. The van der Waals surface area contributed by atoms with Crippen molar-refractivity contribution in [3.63, 3.8) is 0 Å². The second kappa shape index (κ2) is 4.87. The molecule has 2 aromatic rings. The van der Waals surface area contributed by atoms with Crippen LogP contribution in [-0.4, -0.2) is 41.0 Å². The summed E-state index contributed by atoms with van der Waals surface area (Å²) in [5.74, 6) is 0.649. The van der Waals surface area contributed by atoms with Gasteiger partial charge < -0.3 is 14.7 Å². The number of anilines is 1. The lowest BCUT2D eigenvalue weighted by atomic mass is 9.90. The first-order chi connectivity index (χ1) is 11.0. The molecule has 7 heteroatoms. The molecular formula is C16H15N3O3S. The van der Waals surface area contributed by atoms with E-state index in [1.165, 1.54) is 11.3 Å². The van der Waals surface area contributed by atoms with Crippen LogP contribution in [-0.2, 0) is 0 Å². The number of ketones is 1. The Morgan fingerprint density at radius 3 is 2.96 bits per heavy atom. The molecule has 4 heterocycles. The molecule has 2 aliphatic rings. The number of methoxy groups -OCH3 is 1. The van der Waals surface area contributed by atoms with E-state index in [1.54, 1.807) is 25.4 Å². The molecule has 0 bridgehead atoms. The number of pyridine rings is 1. The smallest absolute Gasteiger partial charge is 0.213 e. The SMILES string of the molecule is COc1ccc(N2CCC3(O)C(=O)c4cc(C)sc4N=C23)cn1. The third-order valence-corrected chi connectivity index (χ3v) is 5.17. The third kappa shape index (κ3) is 2.00. The van der Waals surface area contributed by atoms with Crippen molar-refractivity contribution in [3.8, 4) is 5.88 Å². The van der Waals surface area contributed by atoms with E-state index >= 15 is 0 Å². The van der Waals surface area contributed by atoms with E-state index in [4.69, 9.17) is 4.74 Å². The molecular weight excluding hydrogens is 314 g/mol. The first-order valence-corrected chi connectivity index (χ1v) is 8.09. The van der Waals surface area contributed by atoms with Crippen molar-refractivity contribution in [2.45, 2.75) is 18.9 Å². The Kier molecular flexibility index (Phi) is 3.04. The van der Waals surface area contributed by atoms with Gasteiger partial charge in [-0.15, -0.1) is 11.3 Å². The van der Waals surface area contributed by atoms with Crippen molar-refractivity contribution in [1.29, 1.82) is 0 Å². The molecule has 4 rings (SSSR count). The Hall–Kier alpha value is -2.25. The predicted octanol–water partition coefficient (Wildman–Crippen LogP) is 2.33. The zero-order chi connectivity index (χ0) is 16.2. The molecule has 6 nitrogen and oxygen atoms in total. The van der Waals surface area contributed by atoms with Crippen LogP contribution in [0.3, 0.4) is 0 Å². The van der Waals surface area contributed by atoms with Gasteiger partial charge in [0.05, 0.1) is 24.6 Å². The van der Waals surface area contributed by atoms with Gasteiger partial charge in [-0.05, 0) is 19.1 Å². The van der Waals surface area contributed by atoms with Crippen molar-refractivity contribution in [2.75, 3.05) is 18.6 Å². The van der Waals surface area contributed by atoms with Crippen molar-refractivity contribution in [1.82, 2.24) is 4.98 Å². The number of carbonyl (C=O) groups is 1. The highest BCUT2D eigenvalue weighted by Crippen LogP contribution is 2.42. The minimum absolute atomic E-state index is 0.258. The first kappa shape index (κ1) is 14.3. The number of Topliss-reactive ketones (excluding diaryl/α,β-unsaturated/α-hetero) is 1. The molecule has 0 saturated carbocycles. The van der Waals surface area contributed by atoms with E-state index < -0.39 is 5.60 Å². The van der Waals surface area contributed by atoms with Gasteiger partial charge in [0.1, 0.15) is 5.00 Å². The number of rotatable bonds is 2. The van der Waals surface area contributed by atoms with Gasteiger partial charge in [-0.3, -0.25) is 4.79 Å². The molecule has 1 unspecified atom stereocenters. The lowest BCUT2D eigenvalue weighted by molar-refractivity contribution is 0.0603. The van der Waals surface area contributed by atoms with Crippen LogP contribution in [0.4, 0.5) is 10.7 Å². The number of hydrogen-bond acceptors (Lipinski definition) is 7. The summed E-state index contributed by atoms with van der Waals surface area (Å²) in [7, 11) is 1.56. The maximum Gasteiger partial charge on any atom is 0.213 e. The zero-order valence-electron chi connectivity index (χ0n) is 12.7. The van der Waals surface area contributed by atoms with Gasteiger partial charge >= 0.3 is 0 Å². The second-order valence-electron chi connectivity index (χ2n) is 5.66. The number of fused-ring (bicyclic) bond motifs is 2. The second-order valence-corrected chi connectivity index (χ2v) is 6.90. The number of ether oxygens (including phenoxy) is 1. The minimum atomic E-state index is -1.54. The van der Waals surface area contributed by atoms with Crippen LogP contribution >= 0.6 is 11.3 Å². The Morgan fingerprint density at radius 2 is 2.26 bits per heavy atom. The van der Waals surface area contributed by atoms with Crippen LogP contribution in [0.15, 0.2) is 29.4 Å². The maximum atomic E-state index is 12.7. The third-order valence-electron chi connectivity index (χ3n) is 4.23. The van der Waals surface area contributed by atoms with Crippen LogP contribution in [0.1, 0.15) is 21.7 Å². The van der Waals surface area contributed by atoms with Crippen LogP contribution < -0.4 is 9.64 Å². The molecule has 1 fully saturated rings. The largest absolute Gasteiger partial charge is 0.481 e. The summed E-state index contributed by atoms with van der Waals surface area (Å²) in [6, 6.07) is 5.40. The molecule has 0 aromatic carbocycles. The molecule has 2 aliphatic heterocycles. The van der Waals surface area contributed by atoms with Crippen LogP contribution in [0.5, 0.6) is 5.88 Å². The number of aryl methyl sites for hydroxylation is 1. The number of carbonyl (C=O) groups excluding carboxylic acids is 1. The number of amidine groups is 1. The predicted molar refractivity (Wildman–Crippen MR) is 88.2 cm³/mol. The topological polar surface area (TPSA) is 75.0 Å². The van der Waals surface area contributed by atoms with E-state index in [0.717, 1.165) is 10.6 Å². The molecule has 0 radical (unpaired) electrons. The fourth-order valence-corrected chi connectivity index (χ4v) is 3.93. The van der Waals surface area contributed by atoms with Crippen molar-refractivity contribution in [3.05, 3.63) is 34.8 Å². The van der Waals surface area contributed by atoms with Gasteiger partial charge in [0.2, 0.25) is 11.7 Å². The van der Waals surface area contributed by atoms with Crippen LogP contribution in [0.25, 0.3) is 0 Å². The Labute approximate surface area is 137 Å². The number of nitrogens with zero attached hydrogens (tertiary/aromatic N) is 3. The maximum absolute atomic E-state index is 12.7. The lowest BCUT2D eigenvalue weighted by Gasteiger charge is -2.28. The molecule has 1 saturated heterocycles. The normalized spacial score (nSPS) is 22.7. The minimum Gasteiger partial charge on any atom is -0.481 e. The Morgan fingerprint density at radius 1 is 1.43 bits per heavy atom. The average molecular weight is 329 g/mol. The Balaban J connectivity index is 1.80. The van der Waals surface area contributed by atoms with Crippen molar-refractivity contribution >= 4 is 33.6 Å². The van der Waals surface area contributed by atoms with E-state index in [-0.39, 0.29) is 5.78 Å². The molecule has 0 amide bonds. The summed E-state index contributed by atoms with van der Waals surface area (Å²) in [5, 5.41) is 11.6. The van der Waals surface area contributed by atoms with Gasteiger partial charge in [-0.2, -0.15) is 0 Å². The summed E-state index contributed by atoms with van der Waals surface area (Å²) >= 11 is 1.46. The molecule has 0 aliphatic carbocycles. The summed E-state index contributed by atoms with van der Waals surface area (Å²) in [6.07, 6.45) is 1.98. The van der Waals surface area contributed by atoms with E-state index in [1.807, 2.05) is 17.9 Å². The van der Waals surface area contributed by atoms with Gasteiger partial charge in [-0.1, -0.05) is 0 Å². The van der Waals surface area contributed by atoms with E-state index in [2.05, 4.69) is 9.98 Å². The molecule has 1 atom stereocenters. The van der Waals surface area contributed by atoms with Crippen LogP contribution in [0.2, 0.25) is 0 Å². The van der Waals surface area contributed by atoms with Gasteiger partial charge in [0, 0.05) is 23.9 Å². The summed E-state index contributed by atoms with van der Waals surface area (Å²) in [5.41, 5.74) is -0.237. The fraction of sp³-hybridized carbons (Fsp3) is 0.312. The van der Waals surface area contributed by atoms with Gasteiger partial charge in [0.25, 0.3) is 0 Å². The van der Waals surface area contributed by atoms with Crippen LogP contribution in [0, 0.1) is 6.92 Å². The fourth-order valence-electron chi connectivity index (χ4n) is 3.05. The molecule has 0 spiro atoms. The number of aromatic nitrogens is 1. The number of thiophene rings is 1. The summed E-state index contributed by atoms with van der Waals surface area (Å²) in [4.78, 5) is 24.4. The standard InChI is InChI=1S/C16H15N3O3S/c1-9-7-11-13(20)16(21)5-6-19(15(16)18-14(11)23-9)10-3-4-12(22-2)17-8-10/h3-4,7-8,21H,5-6H2,1-2H3. The highest BCUT2D eigenvalue weighted by atomic mass is 32.1. The summed E-state index contributed by atoms with van der Waals surface area (Å²) in [6.45, 7) is 2.45. The van der Waals surface area contributed by atoms with Gasteiger partial charge in [0.15, 0.2) is 11.4 Å². The molecule has 1 N–H and O–H groups in total. The number of aliphatic hydroxyl groups is 1. The average Bonchev–Trinajstić information content (AvgIpc) is 3.09. The number of hydrogen-bond donors (Lipinski definition) is 1. The van der Waals surface area contributed by atoms with Crippen molar-refractivity contribution < 1.29 is 14.6 Å². The van der Waals surface area contributed by atoms with E-state index in [0.29, 0.717) is 35.2 Å². The number of aliphatic imine (C=N–C) groups is 1. The lowest BCUT2D eigenvalue weighted by Crippen LogP contribution is -2.48. The van der Waals surface area contributed by atoms with Gasteiger partial charge in [-0.25, -0.2) is 9.98 Å². The Bertz CT molecular complexity index is 828.